The average molecular weight is 284 g/mol. The Hall–Kier alpha value is -3.02. The molecular formula is C15H12N2O4. The summed E-state index contributed by atoms with van der Waals surface area (Å²) in [5, 5.41) is 6.44. The maximum Gasteiger partial charge on any atom is 0.412 e. The summed E-state index contributed by atoms with van der Waals surface area (Å²) in [6.45, 7) is 0.180. The number of rotatable bonds is 4. The lowest BCUT2D eigenvalue weighted by Gasteiger charge is -2.04. The predicted molar refractivity (Wildman–Crippen MR) is 73.5 cm³/mol. The first-order valence-electron chi connectivity index (χ1n) is 6.31. The van der Waals surface area contributed by atoms with Crippen LogP contribution in [0.25, 0.3) is 11.5 Å². The molecule has 106 valence electrons. The standard InChI is InChI=1S/C15H12N2O4/c18-15(20-11-5-2-1-3-6-11)16-10-12-9-13(17-21-12)14-7-4-8-19-14/h1-9H,10H2,(H,16,18). The lowest BCUT2D eigenvalue weighted by Crippen LogP contribution is -2.26. The molecule has 2 heterocycles. The molecule has 0 saturated carbocycles. The van der Waals surface area contributed by atoms with Crippen molar-refractivity contribution in [2.24, 2.45) is 0 Å². The average Bonchev–Trinajstić information content (AvgIpc) is 3.17. The molecule has 0 spiro atoms. The van der Waals surface area contributed by atoms with Crippen molar-refractivity contribution in [1.29, 1.82) is 0 Å². The molecule has 0 unspecified atom stereocenters. The second-order valence-corrected chi connectivity index (χ2v) is 4.21. The fourth-order valence-corrected chi connectivity index (χ4v) is 1.73. The Morgan fingerprint density at radius 2 is 2.05 bits per heavy atom. The third-order valence-electron chi connectivity index (χ3n) is 2.69. The third kappa shape index (κ3) is 3.30. The van der Waals surface area contributed by atoms with Crippen LogP contribution >= 0.6 is 0 Å². The number of furan rings is 1. The number of aromatic nitrogens is 1. The number of hydrogen-bond donors (Lipinski definition) is 1. The fraction of sp³-hybridized carbons (Fsp3) is 0.0667. The van der Waals surface area contributed by atoms with Gasteiger partial charge in [0.1, 0.15) is 11.4 Å². The summed E-state index contributed by atoms with van der Waals surface area (Å²) < 4.78 is 15.4. The van der Waals surface area contributed by atoms with E-state index in [-0.39, 0.29) is 6.54 Å². The zero-order chi connectivity index (χ0) is 14.5. The van der Waals surface area contributed by atoms with Crippen molar-refractivity contribution < 1.29 is 18.5 Å². The quantitative estimate of drug-likeness (QED) is 0.795. The molecule has 0 saturated heterocycles. The summed E-state index contributed by atoms with van der Waals surface area (Å²) in [6.07, 6.45) is 0.997. The molecule has 6 nitrogen and oxygen atoms in total. The minimum absolute atomic E-state index is 0.180. The number of para-hydroxylation sites is 1. The Balaban J connectivity index is 1.54. The van der Waals surface area contributed by atoms with Gasteiger partial charge in [-0.1, -0.05) is 23.4 Å². The topological polar surface area (TPSA) is 77.5 Å². The maximum atomic E-state index is 11.6. The molecule has 0 atom stereocenters. The molecule has 3 rings (SSSR count). The van der Waals surface area contributed by atoms with Crippen molar-refractivity contribution in [3.05, 3.63) is 60.6 Å². The summed E-state index contributed by atoms with van der Waals surface area (Å²) >= 11 is 0. The highest BCUT2D eigenvalue weighted by Gasteiger charge is 2.10. The number of nitrogens with one attached hydrogen (secondary N) is 1. The van der Waals surface area contributed by atoms with Crippen molar-refractivity contribution in [3.63, 3.8) is 0 Å². The molecule has 0 aliphatic heterocycles. The van der Waals surface area contributed by atoms with Gasteiger partial charge in [-0.15, -0.1) is 0 Å². The molecular weight excluding hydrogens is 272 g/mol. The van der Waals surface area contributed by atoms with Crippen LogP contribution in [0.3, 0.4) is 0 Å². The van der Waals surface area contributed by atoms with Gasteiger partial charge in [0.05, 0.1) is 12.8 Å². The first-order valence-corrected chi connectivity index (χ1v) is 6.31. The van der Waals surface area contributed by atoms with Crippen LogP contribution in [0.5, 0.6) is 5.75 Å². The van der Waals surface area contributed by atoms with E-state index in [2.05, 4.69) is 10.5 Å². The molecule has 1 aromatic carbocycles. The summed E-state index contributed by atoms with van der Waals surface area (Å²) in [7, 11) is 0. The van der Waals surface area contributed by atoms with Crippen LogP contribution in [0.15, 0.2) is 63.7 Å². The van der Waals surface area contributed by atoms with E-state index in [1.807, 2.05) is 6.07 Å². The van der Waals surface area contributed by atoms with Gasteiger partial charge in [-0.25, -0.2) is 4.79 Å². The van der Waals surface area contributed by atoms with Crippen LogP contribution in [-0.4, -0.2) is 11.2 Å². The SMILES string of the molecule is O=C(NCc1cc(-c2ccco2)no1)Oc1ccccc1. The smallest absolute Gasteiger partial charge is 0.412 e. The van der Waals surface area contributed by atoms with E-state index in [1.54, 1.807) is 48.7 Å². The van der Waals surface area contributed by atoms with Crippen LogP contribution in [-0.2, 0) is 6.54 Å². The molecule has 0 bridgehead atoms. The second kappa shape index (κ2) is 5.96. The van der Waals surface area contributed by atoms with Gasteiger partial charge in [-0.05, 0) is 24.3 Å². The van der Waals surface area contributed by atoms with Crippen molar-refractivity contribution >= 4 is 6.09 Å². The van der Waals surface area contributed by atoms with Crippen LogP contribution in [0.1, 0.15) is 5.76 Å². The fourth-order valence-electron chi connectivity index (χ4n) is 1.73. The minimum Gasteiger partial charge on any atom is -0.463 e. The van der Waals surface area contributed by atoms with Gasteiger partial charge in [0.2, 0.25) is 0 Å². The lowest BCUT2D eigenvalue weighted by atomic mass is 10.3. The molecule has 2 aromatic heterocycles. The zero-order valence-corrected chi connectivity index (χ0v) is 11.0. The van der Waals surface area contributed by atoms with E-state index in [0.717, 1.165) is 0 Å². The molecule has 3 aromatic rings. The highest BCUT2D eigenvalue weighted by Crippen LogP contribution is 2.19. The van der Waals surface area contributed by atoms with E-state index in [9.17, 15) is 4.79 Å². The van der Waals surface area contributed by atoms with E-state index in [4.69, 9.17) is 13.7 Å². The molecule has 0 radical (unpaired) electrons. The van der Waals surface area contributed by atoms with E-state index < -0.39 is 6.09 Å². The number of benzene rings is 1. The van der Waals surface area contributed by atoms with Gasteiger partial charge in [0, 0.05) is 6.07 Å². The summed E-state index contributed by atoms with van der Waals surface area (Å²) in [4.78, 5) is 11.6. The van der Waals surface area contributed by atoms with Crippen molar-refractivity contribution in [1.82, 2.24) is 10.5 Å². The van der Waals surface area contributed by atoms with Crippen molar-refractivity contribution in [3.8, 4) is 17.2 Å². The van der Waals surface area contributed by atoms with Crippen LogP contribution < -0.4 is 10.1 Å². The zero-order valence-electron chi connectivity index (χ0n) is 11.0. The largest absolute Gasteiger partial charge is 0.463 e. The van der Waals surface area contributed by atoms with Crippen LogP contribution in [0, 0.1) is 0 Å². The number of nitrogens with zero attached hydrogens (tertiary/aromatic N) is 1. The third-order valence-corrected chi connectivity index (χ3v) is 2.69. The first kappa shape index (κ1) is 13.0. The number of ether oxygens (including phenoxy) is 1. The Kier molecular flexibility index (Phi) is 3.68. The first-order chi connectivity index (χ1) is 10.3. The number of hydrogen-bond acceptors (Lipinski definition) is 5. The second-order valence-electron chi connectivity index (χ2n) is 4.21. The molecule has 1 N–H and O–H groups in total. The van der Waals surface area contributed by atoms with E-state index >= 15 is 0 Å². The summed E-state index contributed by atoms with van der Waals surface area (Å²) in [5.41, 5.74) is 0.577. The summed E-state index contributed by atoms with van der Waals surface area (Å²) in [5.74, 6) is 1.59. The Morgan fingerprint density at radius 3 is 2.81 bits per heavy atom. The van der Waals surface area contributed by atoms with Gasteiger partial charge in [0.15, 0.2) is 11.5 Å². The van der Waals surface area contributed by atoms with E-state index in [1.165, 1.54) is 0 Å². The Morgan fingerprint density at radius 1 is 1.19 bits per heavy atom. The van der Waals surface area contributed by atoms with Gasteiger partial charge in [0.25, 0.3) is 0 Å². The molecule has 0 aliphatic rings. The highest BCUT2D eigenvalue weighted by atomic mass is 16.6. The highest BCUT2D eigenvalue weighted by molar-refractivity contribution is 5.70. The Labute approximate surface area is 120 Å². The normalized spacial score (nSPS) is 10.3. The van der Waals surface area contributed by atoms with Gasteiger partial charge < -0.3 is 19.0 Å². The van der Waals surface area contributed by atoms with Crippen molar-refractivity contribution in [2.45, 2.75) is 6.54 Å². The number of amides is 1. The molecule has 21 heavy (non-hydrogen) atoms. The number of carbonyl (C=O) groups excluding carboxylic acids is 1. The molecule has 0 fully saturated rings. The number of carbonyl (C=O) groups is 1. The predicted octanol–water partition coefficient (Wildman–Crippen LogP) is 3.22. The van der Waals surface area contributed by atoms with Crippen molar-refractivity contribution in [2.75, 3.05) is 0 Å². The van der Waals surface area contributed by atoms with E-state index in [0.29, 0.717) is 23.0 Å². The molecule has 0 aliphatic carbocycles. The maximum absolute atomic E-state index is 11.6. The molecule has 1 amide bonds. The minimum atomic E-state index is -0.558. The monoisotopic (exact) mass is 284 g/mol. The van der Waals surface area contributed by atoms with Gasteiger partial charge in [-0.2, -0.15) is 0 Å². The Bertz CT molecular complexity index is 704. The lowest BCUT2D eigenvalue weighted by molar-refractivity contribution is 0.198. The summed E-state index contributed by atoms with van der Waals surface area (Å²) in [6, 6.07) is 14.0. The van der Waals surface area contributed by atoms with Crippen LogP contribution in [0.2, 0.25) is 0 Å². The van der Waals surface area contributed by atoms with Crippen LogP contribution in [0.4, 0.5) is 4.79 Å². The van der Waals surface area contributed by atoms with Gasteiger partial charge >= 0.3 is 6.09 Å². The van der Waals surface area contributed by atoms with Gasteiger partial charge in [-0.3, -0.25) is 0 Å². The molecule has 6 heteroatoms.